The van der Waals surface area contributed by atoms with Crippen LogP contribution < -0.4 is 10.6 Å². The Labute approximate surface area is 141 Å². The molecule has 0 aliphatic carbocycles. The molecule has 0 aliphatic heterocycles. The molecule has 0 aromatic heterocycles. The normalized spacial score (nSPS) is 11.7. The van der Waals surface area contributed by atoms with Gasteiger partial charge >= 0.3 is 6.03 Å². The molecule has 0 saturated carbocycles. The first-order valence-electron chi connectivity index (χ1n) is 7.56. The zero-order valence-corrected chi connectivity index (χ0v) is 14.0. The maximum absolute atomic E-state index is 12.2. The summed E-state index contributed by atoms with van der Waals surface area (Å²) in [7, 11) is 0. The van der Waals surface area contributed by atoms with Crippen molar-refractivity contribution in [3.8, 4) is 11.1 Å². The first kappa shape index (κ1) is 17.4. The first-order chi connectivity index (χ1) is 11.2. The van der Waals surface area contributed by atoms with Crippen LogP contribution in [0.15, 0.2) is 54.6 Å². The van der Waals surface area contributed by atoms with E-state index in [0.717, 1.165) is 22.6 Å². The van der Waals surface area contributed by atoms with Crippen molar-refractivity contribution in [2.75, 3.05) is 23.9 Å². The number of nitrogens with one attached hydrogen (secondary N) is 2. The fraction of sp³-hybridized carbons (Fsp3) is 0.278. The van der Waals surface area contributed by atoms with Gasteiger partial charge in [0.1, 0.15) is 0 Å². The summed E-state index contributed by atoms with van der Waals surface area (Å²) in [5, 5.41) is 14.9. The number of urea groups is 1. The summed E-state index contributed by atoms with van der Waals surface area (Å²) in [5.74, 6) is 0.772. The molecule has 0 aliphatic rings. The van der Waals surface area contributed by atoms with Gasteiger partial charge in [0.05, 0.1) is 5.69 Å². The van der Waals surface area contributed by atoms with Gasteiger partial charge in [-0.25, -0.2) is 4.79 Å². The van der Waals surface area contributed by atoms with Crippen LogP contribution in [0.4, 0.5) is 10.5 Å². The number of aliphatic hydroxyl groups is 1. The summed E-state index contributed by atoms with van der Waals surface area (Å²) in [6, 6.07) is 17.4. The minimum absolute atomic E-state index is 0.0427. The summed E-state index contributed by atoms with van der Waals surface area (Å²) < 4.78 is 0. The molecular weight excluding hydrogens is 308 g/mol. The van der Waals surface area contributed by atoms with Gasteiger partial charge in [-0.15, -0.1) is 0 Å². The third kappa shape index (κ3) is 5.30. The Hall–Kier alpha value is -1.98. The van der Waals surface area contributed by atoms with Crippen LogP contribution in [0.2, 0.25) is 0 Å². The second-order valence-electron chi connectivity index (χ2n) is 5.17. The van der Waals surface area contributed by atoms with Crippen molar-refractivity contribution in [1.82, 2.24) is 5.32 Å². The molecule has 2 amide bonds. The number of para-hydroxylation sites is 1. The van der Waals surface area contributed by atoms with E-state index in [9.17, 15) is 4.79 Å². The molecule has 2 rings (SSSR count). The molecule has 2 aromatic rings. The smallest absolute Gasteiger partial charge is 0.319 e. The van der Waals surface area contributed by atoms with Gasteiger partial charge in [-0.3, -0.25) is 0 Å². The van der Waals surface area contributed by atoms with Gasteiger partial charge in [-0.2, -0.15) is 11.8 Å². The average Bonchev–Trinajstić information content (AvgIpc) is 2.56. The number of anilines is 1. The van der Waals surface area contributed by atoms with Crippen LogP contribution in [0.3, 0.4) is 0 Å². The van der Waals surface area contributed by atoms with Gasteiger partial charge in [0.25, 0.3) is 0 Å². The molecule has 0 spiro atoms. The quantitative estimate of drug-likeness (QED) is 0.727. The lowest BCUT2D eigenvalue weighted by molar-refractivity contribution is 0.241. The van der Waals surface area contributed by atoms with Crippen molar-refractivity contribution in [2.24, 2.45) is 0 Å². The zero-order valence-electron chi connectivity index (χ0n) is 13.2. The molecule has 0 fully saturated rings. The van der Waals surface area contributed by atoms with Crippen molar-refractivity contribution in [3.63, 3.8) is 0 Å². The summed E-state index contributed by atoms with van der Waals surface area (Å²) in [6.07, 6.45) is 2.53. The molecule has 0 bridgehead atoms. The number of thioether (sulfide) groups is 1. The van der Waals surface area contributed by atoms with Crippen molar-refractivity contribution < 1.29 is 9.90 Å². The van der Waals surface area contributed by atoms with Gasteiger partial charge in [0.15, 0.2) is 0 Å². The molecule has 4 nitrogen and oxygen atoms in total. The molecule has 0 saturated heterocycles. The second kappa shape index (κ2) is 9.22. The lowest BCUT2D eigenvalue weighted by Gasteiger charge is -2.18. The van der Waals surface area contributed by atoms with Crippen LogP contribution >= 0.6 is 11.8 Å². The Kier molecular flexibility index (Phi) is 6.97. The van der Waals surface area contributed by atoms with E-state index in [4.69, 9.17) is 5.11 Å². The predicted molar refractivity (Wildman–Crippen MR) is 97.9 cm³/mol. The number of carbonyl (C=O) groups is 1. The minimum atomic E-state index is -0.249. The molecule has 23 heavy (non-hydrogen) atoms. The van der Waals surface area contributed by atoms with Gasteiger partial charge in [0.2, 0.25) is 0 Å². The highest BCUT2D eigenvalue weighted by Gasteiger charge is 2.13. The van der Waals surface area contributed by atoms with E-state index < -0.39 is 0 Å². The van der Waals surface area contributed by atoms with E-state index in [2.05, 4.69) is 10.6 Å². The van der Waals surface area contributed by atoms with Crippen LogP contribution in [0.1, 0.15) is 6.42 Å². The van der Waals surface area contributed by atoms with Crippen molar-refractivity contribution in [3.05, 3.63) is 54.6 Å². The van der Waals surface area contributed by atoms with E-state index in [1.165, 1.54) is 0 Å². The van der Waals surface area contributed by atoms with Crippen LogP contribution in [-0.4, -0.2) is 35.8 Å². The predicted octanol–water partition coefficient (Wildman–Crippen LogP) is 3.59. The Morgan fingerprint density at radius 1 is 1.13 bits per heavy atom. The summed E-state index contributed by atoms with van der Waals surface area (Å²) in [6.45, 7) is 0.0616. The average molecular weight is 330 g/mol. The maximum atomic E-state index is 12.2. The number of carbonyl (C=O) groups excluding carboxylic acids is 1. The van der Waals surface area contributed by atoms with Crippen molar-refractivity contribution in [1.29, 1.82) is 0 Å². The third-order valence-corrected chi connectivity index (χ3v) is 4.18. The van der Waals surface area contributed by atoms with Gasteiger partial charge in [0, 0.05) is 24.0 Å². The SMILES string of the molecule is CSCC(CCO)NC(=O)Nc1ccccc1-c1ccccc1. The van der Waals surface area contributed by atoms with Crippen molar-refractivity contribution >= 4 is 23.5 Å². The van der Waals surface area contributed by atoms with E-state index in [-0.39, 0.29) is 18.7 Å². The largest absolute Gasteiger partial charge is 0.396 e. The van der Waals surface area contributed by atoms with Gasteiger partial charge in [-0.05, 0) is 24.3 Å². The summed E-state index contributed by atoms with van der Waals surface area (Å²) >= 11 is 1.64. The Bertz CT molecular complexity index is 613. The highest BCUT2D eigenvalue weighted by Crippen LogP contribution is 2.27. The van der Waals surface area contributed by atoms with Crippen molar-refractivity contribution in [2.45, 2.75) is 12.5 Å². The molecule has 1 unspecified atom stereocenters. The summed E-state index contributed by atoms with van der Waals surface area (Å²) in [4.78, 5) is 12.2. The second-order valence-corrected chi connectivity index (χ2v) is 6.09. The lowest BCUT2D eigenvalue weighted by Crippen LogP contribution is -2.40. The molecular formula is C18H22N2O2S. The van der Waals surface area contributed by atoms with E-state index >= 15 is 0 Å². The molecule has 1 atom stereocenters. The van der Waals surface area contributed by atoms with E-state index in [0.29, 0.717) is 6.42 Å². The fourth-order valence-electron chi connectivity index (χ4n) is 2.36. The van der Waals surface area contributed by atoms with Crippen LogP contribution in [-0.2, 0) is 0 Å². The number of rotatable bonds is 7. The van der Waals surface area contributed by atoms with Gasteiger partial charge < -0.3 is 15.7 Å². The zero-order chi connectivity index (χ0) is 16.5. The molecule has 5 heteroatoms. The van der Waals surface area contributed by atoms with E-state index in [1.807, 2.05) is 60.9 Å². The molecule has 0 radical (unpaired) electrons. The standard InChI is InChI=1S/C18H22N2O2S/c1-23-13-15(11-12-21)19-18(22)20-17-10-6-5-9-16(17)14-7-3-2-4-8-14/h2-10,15,21H,11-13H2,1H3,(H2,19,20,22). The van der Waals surface area contributed by atoms with Crippen LogP contribution in [0, 0.1) is 0 Å². The number of hydrogen-bond donors (Lipinski definition) is 3. The Balaban J connectivity index is 2.09. The van der Waals surface area contributed by atoms with Crippen LogP contribution in [0.25, 0.3) is 11.1 Å². The highest BCUT2D eigenvalue weighted by molar-refractivity contribution is 7.98. The maximum Gasteiger partial charge on any atom is 0.319 e. The number of hydrogen-bond acceptors (Lipinski definition) is 3. The topological polar surface area (TPSA) is 61.4 Å². The van der Waals surface area contributed by atoms with Crippen LogP contribution in [0.5, 0.6) is 0 Å². The number of aliphatic hydroxyl groups excluding tert-OH is 1. The van der Waals surface area contributed by atoms with Gasteiger partial charge in [-0.1, -0.05) is 48.5 Å². The number of benzene rings is 2. The first-order valence-corrected chi connectivity index (χ1v) is 8.95. The summed E-state index contributed by atoms with van der Waals surface area (Å²) in [5.41, 5.74) is 2.80. The monoisotopic (exact) mass is 330 g/mol. The highest BCUT2D eigenvalue weighted by atomic mass is 32.2. The molecule has 2 aromatic carbocycles. The minimum Gasteiger partial charge on any atom is -0.396 e. The number of amides is 2. The molecule has 122 valence electrons. The lowest BCUT2D eigenvalue weighted by atomic mass is 10.0. The molecule has 0 heterocycles. The third-order valence-electron chi connectivity index (χ3n) is 3.44. The Morgan fingerprint density at radius 3 is 2.52 bits per heavy atom. The molecule has 3 N–H and O–H groups in total. The fourth-order valence-corrected chi connectivity index (χ4v) is 3.01. The Morgan fingerprint density at radius 2 is 1.83 bits per heavy atom. The van der Waals surface area contributed by atoms with E-state index in [1.54, 1.807) is 11.8 Å².